The highest BCUT2D eigenvalue weighted by Gasteiger charge is 2.19. The van der Waals surface area contributed by atoms with Crippen LogP contribution in [0.15, 0.2) is 59.4 Å². The fourth-order valence-electron chi connectivity index (χ4n) is 2.46. The molecule has 0 aliphatic rings. The van der Waals surface area contributed by atoms with Crippen LogP contribution < -0.4 is 5.56 Å². The summed E-state index contributed by atoms with van der Waals surface area (Å²) in [4.78, 5) is 28.6. The number of benzene rings is 2. The van der Waals surface area contributed by atoms with Gasteiger partial charge in [0.1, 0.15) is 13.2 Å². The number of aromatic nitrogens is 2. The molecular formula is C19H13Cl3N2O3. The molecule has 0 radical (unpaired) electrons. The Labute approximate surface area is 170 Å². The number of carbonyl (C=O) groups is 1. The summed E-state index contributed by atoms with van der Waals surface area (Å²) in [6.07, 6.45) is 0. The van der Waals surface area contributed by atoms with Crippen LogP contribution in [0.4, 0.5) is 0 Å². The van der Waals surface area contributed by atoms with Crippen molar-refractivity contribution in [2.75, 3.05) is 0 Å². The Kier molecular flexibility index (Phi) is 6.16. The summed E-state index contributed by atoms with van der Waals surface area (Å²) in [7, 11) is 0. The molecule has 138 valence electrons. The standard InChI is InChI=1S/C19H13Cl3N2O3/c20-14-8-6-13(7-9-14)16-17(21)23-18(22)19(26)24(16)10-15(25)27-11-12-4-2-1-3-5-12/h1-9H,10-11H2. The molecule has 0 aliphatic carbocycles. The normalized spacial score (nSPS) is 10.6. The molecule has 0 saturated heterocycles. The van der Waals surface area contributed by atoms with Gasteiger partial charge in [-0.2, -0.15) is 0 Å². The molecule has 0 fully saturated rings. The van der Waals surface area contributed by atoms with Crippen LogP contribution >= 0.6 is 34.8 Å². The molecule has 3 aromatic rings. The second-order valence-electron chi connectivity index (χ2n) is 5.59. The Balaban J connectivity index is 1.90. The van der Waals surface area contributed by atoms with Gasteiger partial charge < -0.3 is 4.74 Å². The van der Waals surface area contributed by atoms with Crippen LogP contribution in [-0.4, -0.2) is 15.5 Å². The van der Waals surface area contributed by atoms with Gasteiger partial charge in [-0.05, 0) is 17.7 Å². The van der Waals surface area contributed by atoms with Gasteiger partial charge in [-0.15, -0.1) is 0 Å². The fraction of sp³-hybridized carbons (Fsp3) is 0.105. The predicted molar refractivity (Wildman–Crippen MR) is 105 cm³/mol. The van der Waals surface area contributed by atoms with Gasteiger partial charge in [0.2, 0.25) is 0 Å². The lowest BCUT2D eigenvalue weighted by Gasteiger charge is -2.14. The number of hydrogen-bond donors (Lipinski definition) is 0. The van der Waals surface area contributed by atoms with Crippen molar-refractivity contribution in [2.45, 2.75) is 13.2 Å². The van der Waals surface area contributed by atoms with Crippen LogP contribution in [0.5, 0.6) is 0 Å². The zero-order chi connectivity index (χ0) is 19.4. The molecule has 0 spiro atoms. The van der Waals surface area contributed by atoms with Crippen LogP contribution in [0, 0.1) is 0 Å². The van der Waals surface area contributed by atoms with Crippen molar-refractivity contribution >= 4 is 40.8 Å². The van der Waals surface area contributed by atoms with Gasteiger partial charge in [-0.25, -0.2) is 4.98 Å². The Morgan fingerprint density at radius 2 is 1.63 bits per heavy atom. The first-order valence-electron chi connectivity index (χ1n) is 7.87. The maximum atomic E-state index is 12.5. The highest BCUT2D eigenvalue weighted by Crippen LogP contribution is 2.27. The molecule has 5 nitrogen and oxygen atoms in total. The number of carbonyl (C=O) groups excluding carboxylic acids is 1. The van der Waals surface area contributed by atoms with Gasteiger partial charge in [0.05, 0.1) is 5.69 Å². The van der Waals surface area contributed by atoms with Gasteiger partial charge >= 0.3 is 5.97 Å². The summed E-state index contributed by atoms with van der Waals surface area (Å²) in [5, 5.41) is 0.194. The van der Waals surface area contributed by atoms with Gasteiger partial charge in [0.15, 0.2) is 10.3 Å². The predicted octanol–water partition coefficient (Wildman–Crippen LogP) is 4.61. The average molecular weight is 424 g/mol. The molecule has 0 amide bonds. The van der Waals surface area contributed by atoms with E-state index in [1.165, 1.54) is 0 Å². The van der Waals surface area contributed by atoms with Crippen molar-refractivity contribution < 1.29 is 9.53 Å². The molecule has 0 aliphatic heterocycles. The highest BCUT2D eigenvalue weighted by molar-refractivity contribution is 6.34. The fourth-order valence-corrected chi connectivity index (χ4v) is 3.11. The number of ether oxygens (including phenoxy) is 1. The van der Waals surface area contributed by atoms with E-state index >= 15 is 0 Å². The Bertz CT molecular complexity index is 1020. The third-order valence-electron chi connectivity index (χ3n) is 3.73. The van der Waals surface area contributed by atoms with Gasteiger partial charge in [-0.3, -0.25) is 14.2 Å². The van der Waals surface area contributed by atoms with Crippen molar-refractivity contribution in [3.63, 3.8) is 0 Å². The lowest BCUT2D eigenvalue weighted by Crippen LogP contribution is -2.28. The minimum absolute atomic E-state index is 0.00205. The van der Waals surface area contributed by atoms with Crippen LogP contribution in [0.25, 0.3) is 11.3 Å². The first kappa shape index (κ1) is 19.4. The second-order valence-corrected chi connectivity index (χ2v) is 6.74. The zero-order valence-corrected chi connectivity index (χ0v) is 16.1. The van der Waals surface area contributed by atoms with E-state index in [1.54, 1.807) is 24.3 Å². The van der Waals surface area contributed by atoms with Crippen molar-refractivity contribution in [3.05, 3.63) is 85.8 Å². The van der Waals surface area contributed by atoms with Crippen LogP contribution in [0.3, 0.4) is 0 Å². The maximum Gasteiger partial charge on any atom is 0.326 e. The van der Waals surface area contributed by atoms with Crippen LogP contribution in [0.1, 0.15) is 5.56 Å². The average Bonchev–Trinajstić information content (AvgIpc) is 2.66. The molecule has 2 aromatic carbocycles. The van der Waals surface area contributed by atoms with E-state index in [0.717, 1.165) is 10.1 Å². The van der Waals surface area contributed by atoms with Crippen LogP contribution in [-0.2, 0) is 22.7 Å². The molecule has 1 aromatic heterocycles. The third-order valence-corrected chi connectivity index (χ3v) is 4.49. The van der Waals surface area contributed by atoms with E-state index in [0.29, 0.717) is 10.6 Å². The largest absolute Gasteiger partial charge is 0.459 e. The summed E-state index contributed by atoms with van der Waals surface area (Å²) in [5.74, 6) is -0.602. The number of esters is 1. The summed E-state index contributed by atoms with van der Waals surface area (Å²) in [6.45, 7) is -0.261. The van der Waals surface area contributed by atoms with E-state index in [-0.39, 0.29) is 29.2 Å². The SMILES string of the molecule is O=C(Cn1c(-c2ccc(Cl)cc2)c(Cl)nc(Cl)c1=O)OCc1ccccc1. The topological polar surface area (TPSA) is 61.2 Å². The van der Waals surface area contributed by atoms with Gasteiger partial charge in [-0.1, -0.05) is 77.3 Å². The quantitative estimate of drug-likeness (QED) is 0.562. The minimum Gasteiger partial charge on any atom is -0.459 e. The van der Waals surface area contributed by atoms with Gasteiger partial charge in [0.25, 0.3) is 5.56 Å². The summed E-state index contributed by atoms with van der Waals surface area (Å²) >= 11 is 18.0. The van der Waals surface area contributed by atoms with E-state index in [2.05, 4.69) is 4.98 Å². The van der Waals surface area contributed by atoms with E-state index in [4.69, 9.17) is 39.5 Å². The Morgan fingerprint density at radius 3 is 2.30 bits per heavy atom. The lowest BCUT2D eigenvalue weighted by molar-refractivity contribution is -0.145. The van der Waals surface area contributed by atoms with E-state index in [1.807, 2.05) is 30.3 Å². The first-order chi connectivity index (χ1) is 13.0. The summed E-state index contributed by atoms with van der Waals surface area (Å²) < 4.78 is 6.40. The van der Waals surface area contributed by atoms with Crippen molar-refractivity contribution in [1.82, 2.24) is 9.55 Å². The number of rotatable bonds is 5. The number of nitrogens with zero attached hydrogens (tertiary/aromatic N) is 2. The van der Waals surface area contributed by atoms with Crippen molar-refractivity contribution in [2.24, 2.45) is 0 Å². The number of hydrogen-bond acceptors (Lipinski definition) is 4. The molecule has 1 heterocycles. The molecule has 0 N–H and O–H groups in total. The Hall–Kier alpha value is -2.34. The van der Waals surface area contributed by atoms with Crippen molar-refractivity contribution in [1.29, 1.82) is 0 Å². The summed E-state index contributed by atoms with van der Waals surface area (Å²) in [5.41, 5.74) is 1.03. The van der Waals surface area contributed by atoms with Gasteiger partial charge in [0, 0.05) is 10.6 Å². The minimum atomic E-state index is -0.636. The van der Waals surface area contributed by atoms with Crippen LogP contribution in [0.2, 0.25) is 15.3 Å². The van der Waals surface area contributed by atoms with E-state index < -0.39 is 11.5 Å². The molecule has 3 rings (SSSR count). The maximum absolute atomic E-state index is 12.5. The van der Waals surface area contributed by atoms with E-state index in [9.17, 15) is 9.59 Å². The summed E-state index contributed by atoms with van der Waals surface area (Å²) in [6, 6.07) is 15.8. The molecule has 0 unspecified atom stereocenters. The second kappa shape index (κ2) is 8.57. The monoisotopic (exact) mass is 422 g/mol. The first-order valence-corrected chi connectivity index (χ1v) is 9.00. The third kappa shape index (κ3) is 4.69. The molecule has 27 heavy (non-hydrogen) atoms. The Morgan fingerprint density at radius 1 is 0.963 bits per heavy atom. The molecule has 8 heteroatoms. The molecule has 0 saturated carbocycles. The lowest BCUT2D eigenvalue weighted by atomic mass is 10.1. The number of halogens is 3. The molecule has 0 bridgehead atoms. The highest BCUT2D eigenvalue weighted by atomic mass is 35.5. The zero-order valence-electron chi connectivity index (χ0n) is 13.9. The van der Waals surface area contributed by atoms with Crippen molar-refractivity contribution in [3.8, 4) is 11.3 Å². The smallest absolute Gasteiger partial charge is 0.326 e. The molecule has 0 atom stereocenters. The molecular weight excluding hydrogens is 411 g/mol.